The molecule has 0 unspecified atom stereocenters. The van der Waals surface area contributed by atoms with Gasteiger partial charge in [0.25, 0.3) is 5.91 Å². The second-order valence-electron chi connectivity index (χ2n) is 5.98. The standard InChI is InChI=1S/C18H24ClN3O2/c1-2-3-4-5-6-7-8-9-16(23)21-22-17-14-12-13(19)10-11-15(14)20-18(17)24/h10-12,20,24H,2-9H2,1H3. The maximum absolute atomic E-state index is 11.8. The first-order chi connectivity index (χ1) is 11.6. The fourth-order valence-electron chi connectivity index (χ4n) is 2.63. The van der Waals surface area contributed by atoms with Gasteiger partial charge in [-0.25, -0.2) is 0 Å². The summed E-state index contributed by atoms with van der Waals surface area (Å²) in [5, 5.41) is 18.7. The molecule has 0 saturated carbocycles. The minimum Gasteiger partial charge on any atom is -0.493 e. The molecule has 1 aromatic carbocycles. The molecule has 0 aliphatic rings. The second-order valence-corrected chi connectivity index (χ2v) is 6.41. The van der Waals surface area contributed by atoms with Gasteiger partial charge >= 0.3 is 0 Å². The third-order valence-electron chi connectivity index (χ3n) is 3.97. The highest BCUT2D eigenvalue weighted by Crippen LogP contribution is 2.36. The van der Waals surface area contributed by atoms with Crippen LogP contribution in [-0.2, 0) is 4.79 Å². The smallest absolute Gasteiger partial charge is 0.264 e. The normalized spacial score (nSPS) is 11.6. The van der Waals surface area contributed by atoms with E-state index in [9.17, 15) is 9.90 Å². The van der Waals surface area contributed by atoms with Gasteiger partial charge in [0.05, 0.1) is 5.52 Å². The Bertz CT molecular complexity index is 710. The molecule has 1 aromatic heterocycles. The molecule has 0 spiro atoms. The van der Waals surface area contributed by atoms with Gasteiger partial charge in [0.1, 0.15) is 0 Å². The molecule has 2 N–H and O–H groups in total. The number of halogens is 1. The number of hydrogen-bond donors (Lipinski definition) is 2. The predicted molar refractivity (Wildman–Crippen MR) is 97.1 cm³/mol. The van der Waals surface area contributed by atoms with Gasteiger partial charge in [0, 0.05) is 16.8 Å². The van der Waals surface area contributed by atoms with Gasteiger partial charge in [-0.1, -0.05) is 57.0 Å². The first-order valence-corrected chi connectivity index (χ1v) is 8.94. The van der Waals surface area contributed by atoms with Crippen LogP contribution in [-0.4, -0.2) is 16.0 Å². The van der Waals surface area contributed by atoms with Gasteiger partial charge in [-0.3, -0.25) is 4.79 Å². The van der Waals surface area contributed by atoms with Crippen molar-refractivity contribution in [2.24, 2.45) is 10.2 Å². The molecule has 6 heteroatoms. The van der Waals surface area contributed by atoms with E-state index in [0.29, 0.717) is 22.3 Å². The molecule has 2 aromatic rings. The second kappa shape index (κ2) is 9.42. The average Bonchev–Trinajstić information content (AvgIpc) is 2.87. The van der Waals surface area contributed by atoms with E-state index in [4.69, 9.17) is 11.6 Å². The Kier molecular flexibility index (Phi) is 7.25. The van der Waals surface area contributed by atoms with E-state index in [2.05, 4.69) is 22.1 Å². The number of H-pyrrole nitrogens is 1. The fraction of sp³-hybridized carbons (Fsp3) is 0.500. The van der Waals surface area contributed by atoms with Gasteiger partial charge in [-0.05, 0) is 24.6 Å². The zero-order valence-electron chi connectivity index (χ0n) is 14.0. The number of aromatic nitrogens is 1. The fourth-order valence-corrected chi connectivity index (χ4v) is 2.80. The van der Waals surface area contributed by atoms with E-state index in [1.165, 1.54) is 25.7 Å². The Morgan fingerprint density at radius 3 is 2.62 bits per heavy atom. The summed E-state index contributed by atoms with van der Waals surface area (Å²) in [6.07, 6.45) is 8.44. The highest BCUT2D eigenvalue weighted by molar-refractivity contribution is 6.31. The van der Waals surface area contributed by atoms with Crippen molar-refractivity contribution >= 4 is 34.1 Å². The Labute approximate surface area is 147 Å². The van der Waals surface area contributed by atoms with E-state index in [0.717, 1.165) is 19.3 Å². The maximum Gasteiger partial charge on any atom is 0.264 e. The van der Waals surface area contributed by atoms with Gasteiger partial charge in [-0.2, -0.15) is 0 Å². The SMILES string of the molecule is CCCCCCCCCC(=O)N=Nc1c(O)[nH]c2ccc(Cl)cc12. The quantitative estimate of drug-likeness (QED) is 0.413. The Balaban J connectivity index is 1.84. The van der Waals surface area contributed by atoms with Crippen LogP contribution >= 0.6 is 11.6 Å². The Hall–Kier alpha value is -1.88. The number of nitrogens with zero attached hydrogens (tertiary/aromatic N) is 2. The number of aromatic hydroxyl groups is 1. The van der Waals surface area contributed by atoms with Crippen LogP contribution in [0.5, 0.6) is 5.88 Å². The molecule has 0 aliphatic carbocycles. The van der Waals surface area contributed by atoms with Crippen molar-refractivity contribution in [1.29, 1.82) is 0 Å². The molecular formula is C18H24ClN3O2. The van der Waals surface area contributed by atoms with Crippen LogP contribution in [0.1, 0.15) is 58.3 Å². The molecule has 0 atom stereocenters. The minimum atomic E-state index is -0.265. The molecule has 5 nitrogen and oxygen atoms in total. The van der Waals surface area contributed by atoms with E-state index in [1.54, 1.807) is 18.2 Å². The van der Waals surface area contributed by atoms with Crippen molar-refractivity contribution in [3.05, 3.63) is 23.2 Å². The number of hydrogen-bond acceptors (Lipinski definition) is 3. The number of aromatic amines is 1. The average molecular weight is 350 g/mol. The zero-order valence-corrected chi connectivity index (χ0v) is 14.8. The summed E-state index contributed by atoms with van der Waals surface area (Å²) in [4.78, 5) is 14.6. The largest absolute Gasteiger partial charge is 0.493 e. The maximum atomic E-state index is 11.8. The van der Waals surface area contributed by atoms with Crippen molar-refractivity contribution in [1.82, 2.24) is 4.98 Å². The first kappa shape index (κ1) is 18.5. The van der Waals surface area contributed by atoms with Crippen LogP contribution in [0.3, 0.4) is 0 Å². The topological polar surface area (TPSA) is 77.8 Å². The van der Waals surface area contributed by atoms with Crippen LogP contribution in [0.25, 0.3) is 10.9 Å². The molecule has 0 radical (unpaired) electrons. The molecule has 0 aliphatic heterocycles. The van der Waals surface area contributed by atoms with Crippen LogP contribution in [0.4, 0.5) is 5.69 Å². The monoisotopic (exact) mass is 349 g/mol. The molecule has 24 heavy (non-hydrogen) atoms. The predicted octanol–water partition coefficient (Wildman–Crippen LogP) is 6.28. The summed E-state index contributed by atoms with van der Waals surface area (Å²) in [6, 6.07) is 5.14. The molecular weight excluding hydrogens is 326 g/mol. The molecule has 1 amide bonds. The van der Waals surface area contributed by atoms with Crippen LogP contribution in [0.15, 0.2) is 28.4 Å². The minimum absolute atomic E-state index is 0.111. The van der Waals surface area contributed by atoms with E-state index in [-0.39, 0.29) is 17.5 Å². The Morgan fingerprint density at radius 2 is 1.88 bits per heavy atom. The first-order valence-electron chi connectivity index (χ1n) is 8.56. The zero-order chi connectivity index (χ0) is 17.4. The third-order valence-corrected chi connectivity index (χ3v) is 4.20. The number of carbonyl (C=O) groups excluding carboxylic acids is 1. The molecule has 2 rings (SSSR count). The van der Waals surface area contributed by atoms with Crippen LogP contribution in [0, 0.1) is 0 Å². The number of amides is 1. The number of azo groups is 1. The lowest BCUT2D eigenvalue weighted by Gasteiger charge is -1.99. The third kappa shape index (κ3) is 5.34. The highest BCUT2D eigenvalue weighted by Gasteiger charge is 2.11. The molecule has 0 saturated heterocycles. The van der Waals surface area contributed by atoms with Crippen molar-refractivity contribution in [2.75, 3.05) is 0 Å². The lowest BCUT2D eigenvalue weighted by Crippen LogP contribution is -1.91. The summed E-state index contributed by atoms with van der Waals surface area (Å²) in [7, 11) is 0. The highest BCUT2D eigenvalue weighted by atomic mass is 35.5. The number of fused-ring (bicyclic) bond motifs is 1. The van der Waals surface area contributed by atoms with E-state index < -0.39 is 0 Å². The molecule has 0 bridgehead atoms. The summed E-state index contributed by atoms with van der Waals surface area (Å²) >= 11 is 5.96. The van der Waals surface area contributed by atoms with Crippen LogP contribution < -0.4 is 0 Å². The lowest BCUT2D eigenvalue weighted by atomic mass is 10.1. The summed E-state index contributed by atoms with van der Waals surface area (Å²) < 4.78 is 0. The van der Waals surface area contributed by atoms with Crippen molar-refractivity contribution in [2.45, 2.75) is 58.3 Å². The van der Waals surface area contributed by atoms with Crippen molar-refractivity contribution < 1.29 is 9.90 Å². The summed E-state index contributed by atoms with van der Waals surface area (Å²) in [5.74, 6) is -0.376. The van der Waals surface area contributed by atoms with Crippen LogP contribution in [0.2, 0.25) is 5.02 Å². The number of carbonyl (C=O) groups is 1. The van der Waals surface area contributed by atoms with Gasteiger partial charge < -0.3 is 10.1 Å². The Morgan fingerprint density at radius 1 is 1.17 bits per heavy atom. The number of nitrogens with one attached hydrogen (secondary N) is 1. The lowest BCUT2D eigenvalue weighted by molar-refractivity contribution is -0.118. The number of rotatable bonds is 9. The molecule has 0 fully saturated rings. The molecule has 1 heterocycles. The van der Waals surface area contributed by atoms with Gasteiger partial charge in [0.2, 0.25) is 5.88 Å². The summed E-state index contributed by atoms with van der Waals surface area (Å²) in [5.41, 5.74) is 0.950. The van der Waals surface area contributed by atoms with E-state index >= 15 is 0 Å². The molecule has 130 valence electrons. The van der Waals surface area contributed by atoms with Gasteiger partial charge in [0.15, 0.2) is 5.69 Å². The number of benzene rings is 1. The van der Waals surface area contributed by atoms with E-state index in [1.807, 2.05) is 0 Å². The number of unbranched alkanes of at least 4 members (excludes halogenated alkanes) is 6. The van der Waals surface area contributed by atoms with Crippen molar-refractivity contribution in [3.8, 4) is 5.88 Å². The van der Waals surface area contributed by atoms with Crippen molar-refractivity contribution in [3.63, 3.8) is 0 Å². The van der Waals surface area contributed by atoms with Gasteiger partial charge in [-0.15, -0.1) is 10.2 Å². The summed E-state index contributed by atoms with van der Waals surface area (Å²) in [6.45, 7) is 2.20.